The lowest BCUT2D eigenvalue weighted by Gasteiger charge is -2.30. The van der Waals surface area contributed by atoms with Crippen molar-refractivity contribution in [2.45, 2.75) is 32.7 Å². The van der Waals surface area contributed by atoms with Gasteiger partial charge in [0.25, 0.3) is 5.56 Å². The lowest BCUT2D eigenvalue weighted by atomic mass is 10.1. The molecule has 108 valence electrons. The first kappa shape index (κ1) is 14.0. The van der Waals surface area contributed by atoms with E-state index >= 15 is 0 Å². The fourth-order valence-electron chi connectivity index (χ4n) is 3.02. The van der Waals surface area contributed by atoms with Crippen LogP contribution in [0.2, 0.25) is 0 Å². The molecule has 20 heavy (non-hydrogen) atoms. The smallest absolute Gasteiger partial charge is 0.263 e. The van der Waals surface area contributed by atoms with Crippen LogP contribution in [0.4, 0.5) is 0 Å². The Morgan fingerprint density at radius 1 is 1.40 bits per heavy atom. The number of hydrogen-bond donors (Lipinski definition) is 1. The normalized spacial score (nSPS) is 20.6. The zero-order chi connectivity index (χ0) is 14.4. The van der Waals surface area contributed by atoms with Gasteiger partial charge in [0.05, 0.1) is 11.4 Å². The Balaban J connectivity index is 2.23. The third kappa shape index (κ3) is 2.16. The Morgan fingerprint density at radius 2 is 2.15 bits per heavy atom. The number of nitrogens with one attached hydrogen (secondary N) is 1. The van der Waals surface area contributed by atoms with E-state index in [1.54, 1.807) is 15.9 Å². The summed E-state index contributed by atoms with van der Waals surface area (Å²) in [6.45, 7) is 6.06. The first-order valence-electron chi connectivity index (χ1n) is 6.92. The van der Waals surface area contributed by atoms with Crippen LogP contribution >= 0.6 is 23.6 Å². The summed E-state index contributed by atoms with van der Waals surface area (Å²) in [5.41, 5.74) is 1.16. The van der Waals surface area contributed by atoms with Crippen LogP contribution in [0.15, 0.2) is 4.79 Å². The average molecular weight is 309 g/mol. The molecule has 0 radical (unpaired) electrons. The van der Waals surface area contributed by atoms with Crippen molar-refractivity contribution in [2.75, 3.05) is 20.1 Å². The first-order valence-corrected chi connectivity index (χ1v) is 8.14. The van der Waals surface area contributed by atoms with Gasteiger partial charge in [-0.25, -0.2) is 0 Å². The van der Waals surface area contributed by atoms with Crippen LogP contribution in [0.3, 0.4) is 0 Å². The number of likely N-dealkylation sites (tertiary alicyclic amines) is 1. The van der Waals surface area contributed by atoms with Crippen LogP contribution in [0.1, 0.15) is 29.3 Å². The molecule has 1 N–H and O–H groups in total. The van der Waals surface area contributed by atoms with Gasteiger partial charge in [-0.05, 0) is 58.1 Å². The van der Waals surface area contributed by atoms with Gasteiger partial charge in [0.1, 0.15) is 4.83 Å². The lowest BCUT2D eigenvalue weighted by molar-refractivity contribution is 0.208. The van der Waals surface area contributed by atoms with E-state index in [1.165, 1.54) is 4.88 Å². The van der Waals surface area contributed by atoms with Crippen molar-refractivity contribution in [2.24, 2.45) is 0 Å². The van der Waals surface area contributed by atoms with Crippen LogP contribution in [0.25, 0.3) is 10.2 Å². The molecule has 0 bridgehead atoms. The number of H-pyrrole nitrogens is 1. The number of hydrogen-bond acceptors (Lipinski definition) is 4. The summed E-state index contributed by atoms with van der Waals surface area (Å²) in [7, 11) is 2.10. The van der Waals surface area contributed by atoms with Gasteiger partial charge >= 0.3 is 0 Å². The fourth-order valence-corrected chi connectivity index (χ4v) is 4.47. The number of aromatic amines is 1. The minimum absolute atomic E-state index is 0.0749. The third-order valence-electron chi connectivity index (χ3n) is 4.22. The summed E-state index contributed by atoms with van der Waals surface area (Å²) < 4.78 is 2.36. The molecule has 2 aromatic rings. The number of rotatable bonds is 1. The van der Waals surface area contributed by atoms with Gasteiger partial charge in [-0.1, -0.05) is 0 Å². The summed E-state index contributed by atoms with van der Waals surface area (Å²) in [6.07, 6.45) is 2.14. The second-order valence-corrected chi connectivity index (χ2v) is 7.26. The van der Waals surface area contributed by atoms with Crippen LogP contribution in [0.5, 0.6) is 0 Å². The van der Waals surface area contributed by atoms with Gasteiger partial charge in [-0.2, -0.15) is 0 Å². The molecular weight excluding hydrogens is 290 g/mol. The number of aromatic nitrogens is 2. The Kier molecular flexibility index (Phi) is 3.56. The SMILES string of the molecule is Cc1sc2[nH]c(=S)n(C3CCCN(C)C3)c(=O)c2c1C. The number of thiophene rings is 1. The van der Waals surface area contributed by atoms with Crippen molar-refractivity contribution in [1.29, 1.82) is 0 Å². The van der Waals surface area contributed by atoms with E-state index in [9.17, 15) is 4.79 Å². The molecule has 3 rings (SSSR count). The topological polar surface area (TPSA) is 41.0 Å². The standard InChI is InChI=1S/C14H19N3OS2/c1-8-9(2)20-12-11(8)13(18)17(14(19)15-12)10-5-4-6-16(3)7-10/h10H,4-7H2,1-3H3,(H,15,19). The molecule has 1 saturated heterocycles. The van der Waals surface area contributed by atoms with Crippen molar-refractivity contribution < 1.29 is 0 Å². The molecule has 0 aromatic carbocycles. The van der Waals surface area contributed by atoms with E-state index < -0.39 is 0 Å². The minimum atomic E-state index is 0.0749. The van der Waals surface area contributed by atoms with Crippen LogP contribution < -0.4 is 5.56 Å². The van der Waals surface area contributed by atoms with Gasteiger partial charge in [0.2, 0.25) is 0 Å². The fraction of sp³-hybridized carbons (Fsp3) is 0.571. The molecule has 6 heteroatoms. The Hall–Kier alpha value is -0.980. The van der Waals surface area contributed by atoms with E-state index in [1.807, 2.05) is 6.92 Å². The van der Waals surface area contributed by atoms with Gasteiger partial charge in [0.15, 0.2) is 4.77 Å². The van der Waals surface area contributed by atoms with Gasteiger partial charge in [-0.15, -0.1) is 11.3 Å². The number of piperidine rings is 1. The number of nitrogens with zero attached hydrogens (tertiary/aromatic N) is 2. The van der Waals surface area contributed by atoms with E-state index in [2.05, 4.69) is 23.9 Å². The van der Waals surface area contributed by atoms with E-state index in [0.29, 0.717) is 4.77 Å². The maximum atomic E-state index is 12.9. The summed E-state index contributed by atoms with van der Waals surface area (Å²) in [5, 5.41) is 0.814. The maximum absolute atomic E-state index is 12.9. The molecule has 0 aliphatic carbocycles. The molecule has 0 amide bonds. The second kappa shape index (κ2) is 5.09. The highest BCUT2D eigenvalue weighted by atomic mass is 32.1. The predicted molar refractivity (Wildman–Crippen MR) is 86.5 cm³/mol. The molecule has 0 spiro atoms. The molecule has 1 aliphatic heterocycles. The molecule has 4 nitrogen and oxygen atoms in total. The van der Waals surface area contributed by atoms with Crippen molar-refractivity contribution in [3.63, 3.8) is 0 Å². The lowest BCUT2D eigenvalue weighted by Crippen LogP contribution is -2.38. The van der Waals surface area contributed by atoms with Crippen LogP contribution in [0, 0.1) is 18.6 Å². The summed E-state index contributed by atoms with van der Waals surface area (Å²) in [5.74, 6) is 0. The average Bonchev–Trinajstić information content (AvgIpc) is 2.65. The molecule has 0 saturated carbocycles. The van der Waals surface area contributed by atoms with Crippen LogP contribution in [-0.2, 0) is 0 Å². The highest BCUT2D eigenvalue weighted by molar-refractivity contribution is 7.71. The largest absolute Gasteiger partial charge is 0.323 e. The van der Waals surface area contributed by atoms with Gasteiger partial charge in [-0.3, -0.25) is 9.36 Å². The van der Waals surface area contributed by atoms with Gasteiger partial charge < -0.3 is 9.88 Å². The monoisotopic (exact) mass is 309 g/mol. The highest BCUT2D eigenvalue weighted by Gasteiger charge is 2.22. The van der Waals surface area contributed by atoms with Crippen molar-refractivity contribution in [1.82, 2.24) is 14.5 Å². The van der Waals surface area contributed by atoms with Crippen molar-refractivity contribution >= 4 is 33.8 Å². The highest BCUT2D eigenvalue weighted by Crippen LogP contribution is 2.27. The Labute approximate surface area is 127 Å². The molecule has 3 heterocycles. The first-order chi connectivity index (χ1) is 9.49. The van der Waals surface area contributed by atoms with E-state index in [-0.39, 0.29) is 11.6 Å². The van der Waals surface area contributed by atoms with Crippen molar-refractivity contribution in [3.05, 3.63) is 25.6 Å². The Morgan fingerprint density at radius 3 is 2.85 bits per heavy atom. The van der Waals surface area contributed by atoms with Crippen molar-refractivity contribution in [3.8, 4) is 0 Å². The zero-order valence-electron chi connectivity index (χ0n) is 12.0. The predicted octanol–water partition coefficient (Wildman–Crippen LogP) is 3.00. The number of fused-ring (bicyclic) bond motifs is 1. The second-order valence-electron chi connectivity index (χ2n) is 5.65. The third-order valence-corrected chi connectivity index (χ3v) is 5.64. The van der Waals surface area contributed by atoms with Gasteiger partial charge in [0, 0.05) is 11.4 Å². The van der Waals surface area contributed by atoms with E-state index in [0.717, 1.165) is 41.7 Å². The summed E-state index contributed by atoms with van der Waals surface area (Å²) in [6, 6.07) is 0.189. The van der Waals surface area contributed by atoms with Crippen LogP contribution in [-0.4, -0.2) is 34.6 Å². The summed E-state index contributed by atoms with van der Waals surface area (Å²) >= 11 is 7.05. The Bertz CT molecular complexity index is 771. The quantitative estimate of drug-likeness (QED) is 0.823. The molecule has 1 atom stereocenters. The van der Waals surface area contributed by atoms with E-state index in [4.69, 9.17) is 12.2 Å². The molecular formula is C14H19N3OS2. The minimum Gasteiger partial charge on any atom is -0.323 e. The number of aryl methyl sites for hydroxylation is 2. The molecule has 1 fully saturated rings. The maximum Gasteiger partial charge on any atom is 0.263 e. The number of likely N-dealkylation sites (N-methyl/N-ethyl adjacent to an activating group) is 1. The molecule has 1 aliphatic rings. The summed E-state index contributed by atoms with van der Waals surface area (Å²) in [4.78, 5) is 20.5. The molecule has 1 unspecified atom stereocenters. The zero-order valence-corrected chi connectivity index (χ0v) is 13.7. The molecule has 2 aromatic heterocycles.